The maximum atomic E-state index is 6.30. The van der Waals surface area contributed by atoms with Crippen LogP contribution in [-0.4, -0.2) is 24.5 Å². The summed E-state index contributed by atoms with van der Waals surface area (Å²) in [5, 5.41) is 2.16. The van der Waals surface area contributed by atoms with Gasteiger partial charge in [-0.05, 0) is 30.9 Å². The lowest BCUT2D eigenvalue weighted by Crippen LogP contribution is -2.31. The Morgan fingerprint density at radius 3 is 2.58 bits per heavy atom. The fourth-order valence-electron chi connectivity index (χ4n) is 2.16. The normalized spacial score (nSPS) is 13.1. The Bertz CT molecular complexity index is 519. The fourth-order valence-corrected chi connectivity index (χ4v) is 2.16. The molecule has 0 aliphatic heterocycles. The molecule has 1 atom stereocenters. The molecule has 0 radical (unpaired) electrons. The van der Waals surface area contributed by atoms with Crippen LogP contribution in [0.2, 0.25) is 0 Å². The second-order valence-electron chi connectivity index (χ2n) is 4.25. The number of benzene rings is 1. The number of ether oxygens (including phenoxy) is 2. The first kappa shape index (κ1) is 13.9. The lowest BCUT2D eigenvalue weighted by atomic mass is 10.0. The van der Waals surface area contributed by atoms with Gasteiger partial charge in [0.05, 0.1) is 6.04 Å². The van der Waals surface area contributed by atoms with Crippen molar-refractivity contribution in [3.63, 3.8) is 0 Å². The van der Waals surface area contributed by atoms with Crippen molar-refractivity contribution in [1.82, 2.24) is 4.98 Å². The molecule has 2 aromatic rings. The van der Waals surface area contributed by atoms with Crippen LogP contribution in [0.5, 0.6) is 0 Å². The molecule has 1 heterocycles. The Kier molecular flexibility index (Phi) is 4.85. The van der Waals surface area contributed by atoms with E-state index in [9.17, 15) is 0 Å². The highest BCUT2D eigenvalue weighted by atomic mass is 16.7. The number of aromatic nitrogens is 1. The minimum atomic E-state index is -0.430. The Morgan fingerprint density at radius 1 is 1.16 bits per heavy atom. The van der Waals surface area contributed by atoms with E-state index in [1.165, 1.54) is 0 Å². The Morgan fingerprint density at radius 2 is 1.89 bits per heavy atom. The summed E-state index contributed by atoms with van der Waals surface area (Å²) in [5.74, 6) is 0. The van der Waals surface area contributed by atoms with Crippen molar-refractivity contribution >= 4 is 10.8 Å². The average Bonchev–Trinajstić information content (AvgIpc) is 2.46. The topological polar surface area (TPSA) is 57.4 Å². The summed E-state index contributed by atoms with van der Waals surface area (Å²) in [6.45, 7) is 5.01. The molecule has 19 heavy (non-hydrogen) atoms. The standard InChI is InChI=1S/C15H20N2O2/c1-3-18-15(19-4-2)14(16)12-7-5-6-11-8-9-17-10-13(11)12/h5-10,14-15H,3-4,16H2,1-2H3. The Balaban J connectivity index is 2.36. The van der Waals surface area contributed by atoms with E-state index in [1.807, 2.05) is 44.3 Å². The van der Waals surface area contributed by atoms with E-state index < -0.39 is 6.29 Å². The van der Waals surface area contributed by atoms with E-state index >= 15 is 0 Å². The van der Waals surface area contributed by atoms with Gasteiger partial charge in [0.1, 0.15) is 0 Å². The highest BCUT2D eigenvalue weighted by Gasteiger charge is 2.21. The van der Waals surface area contributed by atoms with Crippen LogP contribution in [0.1, 0.15) is 25.5 Å². The SMILES string of the molecule is CCOC(OCC)C(N)c1cccc2ccncc12. The minimum Gasteiger partial charge on any atom is -0.351 e. The lowest BCUT2D eigenvalue weighted by Gasteiger charge is -2.24. The number of nitrogens with two attached hydrogens (primary N) is 1. The van der Waals surface area contributed by atoms with Crippen molar-refractivity contribution in [3.05, 3.63) is 42.2 Å². The molecule has 0 amide bonds. The van der Waals surface area contributed by atoms with Crippen LogP contribution in [0, 0.1) is 0 Å². The highest BCUT2D eigenvalue weighted by Crippen LogP contribution is 2.25. The fraction of sp³-hybridized carbons (Fsp3) is 0.400. The summed E-state index contributed by atoms with van der Waals surface area (Å²) in [6, 6.07) is 7.69. The third-order valence-electron chi connectivity index (χ3n) is 3.03. The largest absolute Gasteiger partial charge is 0.351 e. The van der Waals surface area contributed by atoms with Crippen LogP contribution in [0.3, 0.4) is 0 Å². The molecule has 1 unspecified atom stereocenters. The maximum absolute atomic E-state index is 6.30. The lowest BCUT2D eigenvalue weighted by molar-refractivity contribution is -0.149. The molecule has 0 saturated carbocycles. The first-order chi connectivity index (χ1) is 9.27. The first-order valence-corrected chi connectivity index (χ1v) is 6.59. The van der Waals surface area contributed by atoms with Crippen molar-refractivity contribution in [3.8, 4) is 0 Å². The van der Waals surface area contributed by atoms with Gasteiger partial charge in [-0.1, -0.05) is 18.2 Å². The van der Waals surface area contributed by atoms with E-state index in [2.05, 4.69) is 4.98 Å². The molecule has 1 aromatic carbocycles. The smallest absolute Gasteiger partial charge is 0.176 e. The van der Waals surface area contributed by atoms with E-state index in [-0.39, 0.29) is 6.04 Å². The molecule has 2 rings (SSSR count). The first-order valence-electron chi connectivity index (χ1n) is 6.59. The zero-order chi connectivity index (χ0) is 13.7. The third kappa shape index (κ3) is 3.10. The molecule has 4 heteroatoms. The van der Waals surface area contributed by atoms with Gasteiger partial charge in [-0.2, -0.15) is 0 Å². The van der Waals surface area contributed by atoms with Gasteiger partial charge >= 0.3 is 0 Å². The van der Waals surface area contributed by atoms with Crippen molar-refractivity contribution in [2.75, 3.05) is 13.2 Å². The minimum absolute atomic E-state index is 0.326. The van der Waals surface area contributed by atoms with Gasteiger partial charge in [0.2, 0.25) is 0 Å². The van der Waals surface area contributed by atoms with Crippen LogP contribution < -0.4 is 5.73 Å². The van der Waals surface area contributed by atoms with Crippen molar-refractivity contribution in [2.24, 2.45) is 5.73 Å². The van der Waals surface area contributed by atoms with Crippen LogP contribution in [0.4, 0.5) is 0 Å². The quantitative estimate of drug-likeness (QED) is 0.811. The number of pyridine rings is 1. The van der Waals surface area contributed by atoms with Gasteiger partial charge in [-0.25, -0.2) is 0 Å². The third-order valence-corrected chi connectivity index (χ3v) is 3.03. The van der Waals surface area contributed by atoms with Gasteiger partial charge in [-0.15, -0.1) is 0 Å². The van der Waals surface area contributed by atoms with Gasteiger partial charge in [0, 0.05) is 31.0 Å². The second-order valence-corrected chi connectivity index (χ2v) is 4.25. The summed E-state index contributed by atoms with van der Waals surface area (Å²) in [6.07, 6.45) is 3.18. The Labute approximate surface area is 113 Å². The molecule has 0 fully saturated rings. The summed E-state index contributed by atoms with van der Waals surface area (Å²) in [7, 11) is 0. The zero-order valence-corrected chi connectivity index (χ0v) is 11.4. The number of hydrogen-bond acceptors (Lipinski definition) is 4. The molecule has 2 N–H and O–H groups in total. The second kappa shape index (κ2) is 6.61. The van der Waals surface area contributed by atoms with E-state index in [4.69, 9.17) is 15.2 Å². The number of hydrogen-bond donors (Lipinski definition) is 1. The van der Waals surface area contributed by atoms with E-state index in [0.29, 0.717) is 13.2 Å². The van der Waals surface area contributed by atoms with Crippen LogP contribution >= 0.6 is 0 Å². The summed E-state index contributed by atoms with van der Waals surface area (Å²) in [5.41, 5.74) is 7.30. The molecule has 0 saturated heterocycles. The molecular formula is C15H20N2O2. The summed E-state index contributed by atoms with van der Waals surface area (Å²) in [4.78, 5) is 4.17. The van der Waals surface area contributed by atoms with Crippen LogP contribution in [0.25, 0.3) is 10.8 Å². The molecule has 0 bridgehead atoms. The van der Waals surface area contributed by atoms with E-state index in [0.717, 1.165) is 16.3 Å². The zero-order valence-electron chi connectivity index (χ0n) is 11.4. The van der Waals surface area contributed by atoms with Gasteiger partial charge < -0.3 is 15.2 Å². The average molecular weight is 260 g/mol. The molecular weight excluding hydrogens is 240 g/mol. The molecule has 0 aliphatic rings. The van der Waals surface area contributed by atoms with Crippen LogP contribution in [-0.2, 0) is 9.47 Å². The summed E-state index contributed by atoms with van der Waals surface area (Å²) < 4.78 is 11.2. The Hall–Kier alpha value is -1.49. The number of rotatable bonds is 6. The van der Waals surface area contributed by atoms with Gasteiger partial charge in [0.15, 0.2) is 6.29 Å². The van der Waals surface area contributed by atoms with Crippen molar-refractivity contribution in [1.29, 1.82) is 0 Å². The molecule has 1 aromatic heterocycles. The molecule has 102 valence electrons. The van der Waals surface area contributed by atoms with Gasteiger partial charge in [-0.3, -0.25) is 4.98 Å². The molecule has 0 spiro atoms. The monoisotopic (exact) mass is 260 g/mol. The van der Waals surface area contributed by atoms with Crippen molar-refractivity contribution in [2.45, 2.75) is 26.2 Å². The predicted molar refractivity (Wildman–Crippen MR) is 75.7 cm³/mol. The predicted octanol–water partition coefficient (Wildman–Crippen LogP) is 2.63. The molecule has 4 nitrogen and oxygen atoms in total. The summed E-state index contributed by atoms with van der Waals surface area (Å²) >= 11 is 0. The maximum Gasteiger partial charge on any atom is 0.176 e. The number of fused-ring (bicyclic) bond motifs is 1. The molecule has 0 aliphatic carbocycles. The van der Waals surface area contributed by atoms with Crippen LogP contribution in [0.15, 0.2) is 36.7 Å². The highest BCUT2D eigenvalue weighted by molar-refractivity contribution is 5.85. The van der Waals surface area contributed by atoms with E-state index in [1.54, 1.807) is 6.20 Å². The van der Waals surface area contributed by atoms with Crippen molar-refractivity contribution < 1.29 is 9.47 Å². The number of nitrogens with zero attached hydrogens (tertiary/aromatic N) is 1. The van der Waals surface area contributed by atoms with Gasteiger partial charge in [0.25, 0.3) is 0 Å².